The summed E-state index contributed by atoms with van der Waals surface area (Å²) in [4.78, 5) is 12.3. The van der Waals surface area contributed by atoms with Crippen LogP contribution in [0.5, 0.6) is 5.75 Å². The Balaban J connectivity index is 1.48. The van der Waals surface area contributed by atoms with Gasteiger partial charge in [0.15, 0.2) is 11.0 Å². The van der Waals surface area contributed by atoms with Crippen LogP contribution in [-0.4, -0.2) is 39.7 Å². The summed E-state index contributed by atoms with van der Waals surface area (Å²) < 4.78 is 12.4. The van der Waals surface area contributed by atoms with Crippen LogP contribution < -0.4 is 10.2 Å². The van der Waals surface area contributed by atoms with Crippen LogP contribution in [0.15, 0.2) is 87.7 Å². The highest BCUT2D eigenvalue weighted by Crippen LogP contribution is 2.29. The minimum Gasteiger partial charge on any atom is -0.497 e. The number of nitrogens with one attached hydrogen (secondary N) is 1. The quantitative estimate of drug-likeness (QED) is 0.214. The molecule has 0 unspecified atom stereocenters. The number of amides is 1. The zero-order valence-corrected chi connectivity index (χ0v) is 19.5. The summed E-state index contributed by atoms with van der Waals surface area (Å²) >= 11 is 1.28. The number of ether oxygens (including phenoxy) is 1. The van der Waals surface area contributed by atoms with E-state index in [1.54, 1.807) is 31.6 Å². The number of thioether (sulfide) groups is 1. The molecule has 0 spiro atoms. The minimum atomic E-state index is -0.253. The highest BCUT2D eigenvalue weighted by molar-refractivity contribution is 7.99. The maximum atomic E-state index is 12.3. The molecule has 1 N–H and O–H groups in total. The van der Waals surface area contributed by atoms with E-state index in [0.717, 1.165) is 22.6 Å². The lowest BCUT2D eigenvalue weighted by atomic mass is 10.2. The first-order valence-electron chi connectivity index (χ1n) is 10.5. The van der Waals surface area contributed by atoms with Gasteiger partial charge in [0.25, 0.3) is 5.91 Å². The number of aryl methyl sites for hydroxylation is 1. The largest absolute Gasteiger partial charge is 0.497 e. The molecule has 8 nitrogen and oxygen atoms in total. The Hall–Kier alpha value is -4.11. The Morgan fingerprint density at radius 2 is 1.94 bits per heavy atom. The Kier molecular flexibility index (Phi) is 7.56. The summed E-state index contributed by atoms with van der Waals surface area (Å²) in [5.74, 6) is 2.02. The van der Waals surface area contributed by atoms with E-state index in [4.69, 9.17) is 9.15 Å². The van der Waals surface area contributed by atoms with E-state index >= 15 is 0 Å². The van der Waals surface area contributed by atoms with Crippen LogP contribution in [0.1, 0.15) is 11.3 Å². The molecule has 0 radical (unpaired) electrons. The number of nitrogens with zero attached hydrogens (tertiary/aromatic N) is 4. The summed E-state index contributed by atoms with van der Waals surface area (Å²) in [5, 5.41) is 13.3. The first-order valence-corrected chi connectivity index (χ1v) is 11.4. The van der Waals surface area contributed by atoms with E-state index in [-0.39, 0.29) is 11.7 Å². The van der Waals surface area contributed by atoms with Gasteiger partial charge < -0.3 is 9.15 Å². The lowest BCUT2D eigenvalue weighted by Crippen LogP contribution is -2.19. The molecule has 34 heavy (non-hydrogen) atoms. The number of aromatic nitrogens is 3. The fourth-order valence-electron chi connectivity index (χ4n) is 3.06. The van der Waals surface area contributed by atoms with Crippen molar-refractivity contribution in [2.75, 3.05) is 12.9 Å². The highest BCUT2D eigenvalue weighted by Gasteiger charge is 2.17. The number of hydrazone groups is 1. The first kappa shape index (κ1) is 23.1. The minimum absolute atomic E-state index is 0.131. The smallest absolute Gasteiger partial charge is 0.250 e. The van der Waals surface area contributed by atoms with Crippen LogP contribution in [-0.2, 0) is 4.79 Å². The average Bonchev–Trinajstić information content (AvgIpc) is 3.53. The van der Waals surface area contributed by atoms with E-state index in [1.807, 2.05) is 66.1 Å². The van der Waals surface area contributed by atoms with E-state index in [2.05, 4.69) is 20.7 Å². The van der Waals surface area contributed by atoms with Crippen LogP contribution in [0.4, 0.5) is 0 Å². The van der Waals surface area contributed by atoms with Gasteiger partial charge in [-0.05, 0) is 67.6 Å². The molecular formula is C25H23N5O3S. The molecule has 0 aliphatic rings. The molecule has 0 fully saturated rings. The van der Waals surface area contributed by atoms with Crippen molar-refractivity contribution in [3.05, 3.63) is 84.3 Å². The lowest BCUT2D eigenvalue weighted by Gasteiger charge is -2.11. The van der Waals surface area contributed by atoms with Gasteiger partial charge in [0.1, 0.15) is 11.5 Å². The molecule has 2 aromatic heterocycles. The van der Waals surface area contributed by atoms with Crippen molar-refractivity contribution < 1.29 is 13.9 Å². The molecule has 4 rings (SSSR count). The molecule has 9 heteroatoms. The molecular weight excluding hydrogens is 450 g/mol. The maximum Gasteiger partial charge on any atom is 0.250 e. The molecule has 0 aliphatic heterocycles. The second-order valence-electron chi connectivity index (χ2n) is 7.18. The molecule has 4 aromatic rings. The van der Waals surface area contributed by atoms with Crippen LogP contribution in [0.2, 0.25) is 0 Å². The van der Waals surface area contributed by atoms with E-state index < -0.39 is 0 Å². The lowest BCUT2D eigenvalue weighted by molar-refractivity contribution is -0.118. The van der Waals surface area contributed by atoms with Crippen molar-refractivity contribution in [2.24, 2.45) is 5.10 Å². The molecule has 0 saturated carbocycles. The Morgan fingerprint density at radius 1 is 1.15 bits per heavy atom. The van der Waals surface area contributed by atoms with Gasteiger partial charge in [0.2, 0.25) is 0 Å². The summed E-state index contributed by atoms with van der Waals surface area (Å²) in [7, 11) is 1.63. The van der Waals surface area contributed by atoms with Gasteiger partial charge >= 0.3 is 0 Å². The van der Waals surface area contributed by atoms with Gasteiger partial charge in [-0.25, -0.2) is 5.43 Å². The van der Waals surface area contributed by atoms with Crippen molar-refractivity contribution in [1.82, 2.24) is 20.2 Å². The van der Waals surface area contributed by atoms with Gasteiger partial charge in [-0.2, -0.15) is 5.10 Å². The third-order valence-corrected chi connectivity index (χ3v) is 5.69. The van der Waals surface area contributed by atoms with Crippen molar-refractivity contribution in [3.8, 4) is 22.8 Å². The fourth-order valence-corrected chi connectivity index (χ4v) is 3.80. The predicted molar refractivity (Wildman–Crippen MR) is 133 cm³/mol. The molecule has 0 atom stereocenters. The van der Waals surface area contributed by atoms with Crippen LogP contribution in [0, 0.1) is 6.92 Å². The van der Waals surface area contributed by atoms with Crippen molar-refractivity contribution in [2.45, 2.75) is 12.1 Å². The predicted octanol–water partition coefficient (Wildman–Crippen LogP) is 4.75. The van der Waals surface area contributed by atoms with Crippen molar-refractivity contribution in [1.29, 1.82) is 0 Å². The average molecular weight is 474 g/mol. The number of carbonyl (C=O) groups is 1. The van der Waals surface area contributed by atoms with Crippen LogP contribution >= 0.6 is 11.8 Å². The molecule has 0 saturated heterocycles. The third kappa shape index (κ3) is 5.81. The summed E-state index contributed by atoms with van der Waals surface area (Å²) in [6.07, 6.45) is 6.50. The fraction of sp³-hybridized carbons (Fsp3) is 0.120. The third-order valence-electron chi connectivity index (χ3n) is 4.76. The van der Waals surface area contributed by atoms with E-state index in [1.165, 1.54) is 18.0 Å². The number of carbonyl (C=O) groups excluding carboxylic acids is 1. The molecule has 1 amide bonds. The SMILES string of the molecule is COc1ccc(-c2nnc(SCC(=O)NN=CC=Cc3ccco3)n2-c2ccc(C)cc2)cc1. The van der Waals surface area contributed by atoms with E-state index in [0.29, 0.717) is 16.7 Å². The Labute approximate surface area is 201 Å². The van der Waals surface area contributed by atoms with Gasteiger partial charge in [0, 0.05) is 17.5 Å². The van der Waals surface area contributed by atoms with Gasteiger partial charge in [-0.15, -0.1) is 10.2 Å². The Morgan fingerprint density at radius 3 is 2.65 bits per heavy atom. The molecule has 2 aromatic carbocycles. The summed E-state index contributed by atoms with van der Waals surface area (Å²) in [6.45, 7) is 2.03. The summed E-state index contributed by atoms with van der Waals surface area (Å²) in [5.41, 5.74) is 5.45. The zero-order chi connectivity index (χ0) is 23.8. The second kappa shape index (κ2) is 11.2. The van der Waals surface area contributed by atoms with Gasteiger partial charge in [-0.3, -0.25) is 9.36 Å². The molecule has 172 valence electrons. The van der Waals surface area contributed by atoms with Crippen LogP contribution in [0.3, 0.4) is 0 Å². The molecule has 2 heterocycles. The maximum absolute atomic E-state index is 12.3. The van der Waals surface area contributed by atoms with Crippen molar-refractivity contribution in [3.63, 3.8) is 0 Å². The number of methoxy groups -OCH3 is 1. The number of benzene rings is 2. The molecule has 0 aliphatic carbocycles. The number of furan rings is 1. The second-order valence-corrected chi connectivity index (χ2v) is 8.12. The monoisotopic (exact) mass is 473 g/mol. The number of hydrogen-bond acceptors (Lipinski definition) is 7. The van der Waals surface area contributed by atoms with E-state index in [9.17, 15) is 4.79 Å². The first-order chi connectivity index (χ1) is 16.6. The van der Waals surface area contributed by atoms with Gasteiger partial charge in [0.05, 0.1) is 19.1 Å². The topological polar surface area (TPSA) is 94.5 Å². The number of allylic oxidation sites excluding steroid dienone is 1. The van der Waals surface area contributed by atoms with Crippen molar-refractivity contribution >= 4 is 30.0 Å². The molecule has 0 bridgehead atoms. The summed E-state index contributed by atoms with van der Waals surface area (Å²) in [6, 6.07) is 19.3. The Bertz CT molecular complexity index is 1280. The normalized spacial score (nSPS) is 11.4. The number of hydrogen-bond donors (Lipinski definition) is 1. The number of rotatable bonds is 9. The van der Waals surface area contributed by atoms with Gasteiger partial charge in [-0.1, -0.05) is 29.5 Å². The standard InChI is InChI=1S/C25H23N5O3S/c1-18-7-11-20(12-8-18)30-24(19-9-13-21(32-2)14-10-19)28-29-25(30)34-17-23(31)27-26-15-3-5-22-6-4-16-33-22/h3-16H,17H2,1-2H3,(H,27,31). The highest BCUT2D eigenvalue weighted by atomic mass is 32.2. The zero-order valence-electron chi connectivity index (χ0n) is 18.7. The van der Waals surface area contributed by atoms with Crippen LogP contribution in [0.25, 0.3) is 23.2 Å².